The number of guanidine groups is 1. The number of rotatable bonds is 4. The lowest BCUT2D eigenvalue weighted by molar-refractivity contribution is 0.353. The Morgan fingerprint density at radius 3 is 2.77 bits per heavy atom. The van der Waals surface area contributed by atoms with E-state index in [4.69, 9.17) is 4.74 Å². The van der Waals surface area contributed by atoms with Gasteiger partial charge in [-0.05, 0) is 32.0 Å². The first-order valence-corrected chi connectivity index (χ1v) is 10.9. The lowest BCUT2D eigenvalue weighted by atomic mass is 10.2. The number of hydrogen-bond donors (Lipinski definition) is 1. The fraction of sp³-hybridized carbons (Fsp3) is 0.400. The predicted molar refractivity (Wildman–Crippen MR) is 126 cm³/mol. The zero-order valence-corrected chi connectivity index (χ0v) is 20.3. The molecule has 1 saturated heterocycles. The molecule has 3 rings (SSSR count). The molecule has 30 heavy (non-hydrogen) atoms. The highest BCUT2D eigenvalue weighted by atomic mass is 127. The largest absolute Gasteiger partial charge is 0.439 e. The molecule has 164 valence electrons. The SMILES string of the molecule is CN=C(NCc1cccnc1Oc1cccc(F)c1)N1CCS(=O)(=O)C(C)(C)C1.I. The zero-order valence-electron chi connectivity index (χ0n) is 17.1. The van der Waals surface area contributed by atoms with Crippen molar-refractivity contribution in [2.75, 3.05) is 25.9 Å². The van der Waals surface area contributed by atoms with E-state index in [1.807, 2.05) is 11.0 Å². The van der Waals surface area contributed by atoms with Gasteiger partial charge in [0.05, 0.1) is 10.5 Å². The molecule has 1 N–H and O–H groups in total. The van der Waals surface area contributed by atoms with Crippen LogP contribution >= 0.6 is 24.0 Å². The summed E-state index contributed by atoms with van der Waals surface area (Å²) in [5.41, 5.74) is 0.766. The molecule has 0 aliphatic carbocycles. The molecule has 10 heteroatoms. The van der Waals surface area contributed by atoms with E-state index in [2.05, 4.69) is 15.3 Å². The minimum absolute atomic E-state index is 0. The van der Waals surface area contributed by atoms with Gasteiger partial charge in [-0.1, -0.05) is 12.1 Å². The average molecular weight is 548 g/mol. The summed E-state index contributed by atoms with van der Waals surface area (Å²) in [6.45, 7) is 4.57. The van der Waals surface area contributed by atoms with Crippen molar-refractivity contribution in [1.82, 2.24) is 15.2 Å². The van der Waals surface area contributed by atoms with Crippen LogP contribution in [0.1, 0.15) is 19.4 Å². The Kier molecular flexibility index (Phi) is 8.03. The van der Waals surface area contributed by atoms with Crippen molar-refractivity contribution in [3.63, 3.8) is 0 Å². The Hall–Kier alpha value is -1.95. The van der Waals surface area contributed by atoms with Gasteiger partial charge in [0.25, 0.3) is 0 Å². The number of hydrogen-bond acceptors (Lipinski definition) is 5. The molecule has 0 spiro atoms. The number of nitrogens with zero attached hydrogens (tertiary/aromatic N) is 3. The highest BCUT2D eigenvalue weighted by Crippen LogP contribution is 2.25. The molecule has 1 aliphatic heterocycles. The van der Waals surface area contributed by atoms with Crippen LogP contribution in [0.4, 0.5) is 4.39 Å². The monoisotopic (exact) mass is 548 g/mol. The Balaban J connectivity index is 0.00000320. The number of aromatic nitrogens is 1. The molecule has 0 atom stereocenters. The van der Waals surface area contributed by atoms with E-state index >= 15 is 0 Å². The van der Waals surface area contributed by atoms with Gasteiger partial charge in [-0.15, -0.1) is 24.0 Å². The van der Waals surface area contributed by atoms with Crippen LogP contribution in [0.2, 0.25) is 0 Å². The number of pyridine rings is 1. The first-order chi connectivity index (χ1) is 13.7. The van der Waals surface area contributed by atoms with E-state index in [0.717, 1.165) is 5.56 Å². The third-order valence-corrected chi connectivity index (χ3v) is 7.39. The van der Waals surface area contributed by atoms with Crippen LogP contribution in [0, 0.1) is 5.82 Å². The van der Waals surface area contributed by atoms with Gasteiger partial charge in [0.2, 0.25) is 5.88 Å². The summed E-state index contributed by atoms with van der Waals surface area (Å²) in [7, 11) is -1.47. The minimum Gasteiger partial charge on any atom is -0.439 e. The number of halogens is 2. The molecule has 1 aromatic carbocycles. The lowest BCUT2D eigenvalue weighted by Crippen LogP contribution is -2.57. The quantitative estimate of drug-likeness (QED) is 0.359. The Morgan fingerprint density at radius 2 is 2.10 bits per heavy atom. The molecule has 2 aromatic rings. The minimum atomic E-state index is -3.13. The highest BCUT2D eigenvalue weighted by Gasteiger charge is 2.40. The van der Waals surface area contributed by atoms with Crippen LogP contribution in [0.25, 0.3) is 0 Å². The molecule has 0 bridgehead atoms. The van der Waals surface area contributed by atoms with Crippen molar-refractivity contribution >= 4 is 39.8 Å². The maximum atomic E-state index is 13.4. The Bertz CT molecular complexity index is 1010. The predicted octanol–water partition coefficient (Wildman–Crippen LogP) is 3.22. The van der Waals surface area contributed by atoms with Crippen LogP contribution in [0.5, 0.6) is 11.6 Å². The molecule has 1 fully saturated rings. The van der Waals surface area contributed by atoms with Crippen LogP contribution in [-0.2, 0) is 16.4 Å². The standard InChI is InChI=1S/C20H25FN4O3S.HI/c1-20(2)14-25(10-11-29(20,26)27)19(22-3)24-13-15-6-5-9-23-18(15)28-17-8-4-7-16(21)12-17;/h4-9,12H,10-11,13-14H2,1-3H3,(H,22,24);1H. The molecule has 1 aliphatic rings. The maximum absolute atomic E-state index is 13.4. The summed E-state index contributed by atoms with van der Waals surface area (Å²) < 4.78 is 42.8. The molecular formula is C20H26FIN4O3S. The topological polar surface area (TPSA) is 83.9 Å². The summed E-state index contributed by atoms with van der Waals surface area (Å²) in [5.74, 6) is 1.02. The van der Waals surface area contributed by atoms with Crippen LogP contribution in [-0.4, -0.2) is 54.9 Å². The molecule has 0 radical (unpaired) electrons. The number of benzene rings is 1. The molecule has 0 unspecified atom stereocenters. The zero-order chi connectivity index (χ0) is 21.1. The van der Waals surface area contributed by atoms with E-state index in [0.29, 0.717) is 37.2 Å². The van der Waals surface area contributed by atoms with Gasteiger partial charge in [0.1, 0.15) is 11.6 Å². The van der Waals surface area contributed by atoms with Crippen LogP contribution in [0.3, 0.4) is 0 Å². The fourth-order valence-electron chi connectivity index (χ4n) is 3.12. The van der Waals surface area contributed by atoms with Crippen LogP contribution in [0.15, 0.2) is 47.6 Å². The third-order valence-electron chi connectivity index (χ3n) is 4.85. The molecule has 1 aromatic heterocycles. The highest BCUT2D eigenvalue weighted by molar-refractivity contribution is 14.0. The number of ether oxygens (including phenoxy) is 1. The van der Waals surface area contributed by atoms with Crippen molar-refractivity contribution < 1.29 is 17.5 Å². The van der Waals surface area contributed by atoms with Crippen molar-refractivity contribution in [3.8, 4) is 11.6 Å². The number of nitrogens with one attached hydrogen (secondary N) is 1. The molecular weight excluding hydrogens is 522 g/mol. The molecule has 2 heterocycles. The second kappa shape index (κ2) is 9.90. The normalized spacial score (nSPS) is 17.7. The van der Waals surface area contributed by atoms with Gasteiger partial charge >= 0.3 is 0 Å². The van der Waals surface area contributed by atoms with E-state index in [1.54, 1.807) is 45.3 Å². The van der Waals surface area contributed by atoms with Gasteiger partial charge in [-0.25, -0.2) is 17.8 Å². The van der Waals surface area contributed by atoms with Gasteiger partial charge < -0.3 is 15.0 Å². The number of sulfone groups is 1. The van der Waals surface area contributed by atoms with Crippen molar-refractivity contribution in [3.05, 3.63) is 54.0 Å². The summed E-state index contributed by atoms with van der Waals surface area (Å²) in [4.78, 5) is 10.5. The first-order valence-electron chi connectivity index (χ1n) is 9.27. The average Bonchev–Trinajstić information content (AvgIpc) is 2.66. The van der Waals surface area contributed by atoms with Crippen molar-refractivity contribution in [2.24, 2.45) is 4.99 Å². The first kappa shape index (κ1) is 24.3. The van der Waals surface area contributed by atoms with E-state index in [1.165, 1.54) is 12.1 Å². The second-order valence-corrected chi connectivity index (χ2v) is 10.2. The third kappa shape index (κ3) is 5.60. The fourth-order valence-corrected chi connectivity index (χ4v) is 4.49. The summed E-state index contributed by atoms with van der Waals surface area (Å²) >= 11 is 0. The maximum Gasteiger partial charge on any atom is 0.224 e. The second-order valence-electron chi connectivity index (χ2n) is 7.43. The summed E-state index contributed by atoms with van der Waals surface area (Å²) in [5, 5.41) is 3.25. The van der Waals surface area contributed by atoms with Gasteiger partial charge in [0, 0.05) is 44.5 Å². The molecule has 0 amide bonds. The van der Waals surface area contributed by atoms with E-state index in [-0.39, 0.29) is 35.5 Å². The lowest BCUT2D eigenvalue weighted by Gasteiger charge is -2.39. The summed E-state index contributed by atoms with van der Waals surface area (Å²) in [6.07, 6.45) is 1.60. The summed E-state index contributed by atoms with van der Waals surface area (Å²) in [6, 6.07) is 9.50. The smallest absolute Gasteiger partial charge is 0.224 e. The van der Waals surface area contributed by atoms with Gasteiger partial charge in [-0.3, -0.25) is 4.99 Å². The van der Waals surface area contributed by atoms with Crippen molar-refractivity contribution in [1.29, 1.82) is 0 Å². The molecule has 7 nitrogen and oxygen atoms in total. The van der Waals surface area contributed by atoms with E-state index in [9.17, 15) is 12.8 Å². The Morgan fingerprint density at radius 1 is 1.33 bits per heavy atom. The van der Waals surface area contributed by atoms with Crippen molar-refractivity contribution in [2.45, 2.75) is 25.1 Å². The van der Waals surface area contributed by atoms with Gasteiger partial charge in [-0.2, -0.15) is 0 Å². The van der Waals surface area contributed by atoms with E-state index < -0.39 is 14.6 Å². The Labute approximate surface area is 193 Å². The van der Waals surface area contributed by atoms with Gasteiger partial charge in [0.15, 0.2) is 15.8 Å². The molecule has 0 saturated carbocycles. The number of aliphatic imine (C=N–C) groups is 1. The van der Waals surface area contributed by atoms with Crippen LogP contribution < -0.4 is 10.1 Å².